The first-order valence-electron chi connectivity index (χ1n) is 6.68. The molecule has 0 spiro atoms. The molecule has 1 heteroatoms. The molecule has 0 aromatic rings. The van der Waals surface area contributed by atoms with Crippen LogP contribution in [0.25, 0.3) is 0 Å². The first kappa shape index (κ1) is 14.0. The molecule has 2 unspecified atom stereocenters. The van der Waals surface area contributed by atoms with Crippen molar-refractivity contribution in [1.82, 2.24) is 0 Å². The van der Waals surface area contributed by atoms with E-state index in [0.29, 0.717) is 5.92 Å². The van der Waals surface area contributed by atoms with Gasteiger partial charge in [-0.2, -0.15) is 0 Å². The molecule has 0 aromatic heterocycles. The summed E-state index contributed by atoms with van der Waals surface area (Å²) in [5.74, 6) is 0.510. The average molecular weight is 231 g/mol. The Morgan fingerprint density at radius 3 is 2.82 bits per heavy atom. The van der Waals surface area contributed by atoms with E-state index < -0.39 is 0 Å². The van der Waals surface area contributed by atoms with Crippen LogP contribution in [0.15, 0.2) is 48.6 Å². The summed E-state index contributed by atoms with van der Waals surface area (Å²) in [4.78, 5) is 0. The van der Waals surface area contributed by atoms with E-state index in [9.17, 15) is 0 Å². The van der Waals surface area contributed by atoms with Gasteiger partial charge in [-0.05, 0) is 31.6 Å². The van der Waals surface area contributed by atoms with Crippen molar-refractivity contribution in [3.63, 3.8) is 0 Å². The minimum atomic E-state index is -0.115. The summed E-state index contributed by atoms with van der Waals surface area (Å²) >= 11 is 0. The highest BCUT2D eigenvalue weighted by Crippen LogP contribution is 2.23. The normalized spacial score (nSPS) is 31.8. The van der Waals surface area contributed by atoms with E-state index in [0.717, 1.165) is 25.7 Å². The maximum absolute atomic E-state index is 6.31. The van der Waals surface area contributed by atoms with Crippen LogP contribution in [-0.4, -0.2) is 5.54 Å². The molecule has 0 amide bonds. The second-order valence-electron chi connectivity index (χ2n) is 4.75. The summed E-state index contributed by atoms with van der Waals surface area (Å²) in [5.41, 5.74) is 6.19. The van der Waals surface area contributed by atoms with Gasteiger partial charge in [0.2, 0.25) is 0 Å². The second kappa shape index (κ2) is 7.29. The Morgan fingerprint density at radius 2 is 2.12 bits per heavy atom. The lowest BCUT2D eigenvalue weighted by atomic mass is 9.85. The Balaban J connectivity index is 2.60. The smallest absolute Gasteiger partial charge is 0.0339 e. The van der Waals surface area contributed by atoms with E-state index in [1.807, 2.05) is 0 Å². The van der Waals surface area contributed by atoms with Crippen LogP contribution in [0.2, 0.25) is 0 Å². The summed E-state index contributed by atoms with van der Waals surface area (Å²) in [6.07, 6.45) is 21.6. The highest BCUT2D eigenvalue weighted by molar-refractivity contribution is 5.18. The van der Waals surface area contributed by atoms with Crippen molar-refractivity contribution < 1.29 is 0 Å². The molecule has 94 valence electrons. The zero-order valence-corrected chi connectivity index (χ0v) is 11.1. The van der Waals surface area contributed by atoms with Crippen LogP contribution < -0.4 is 5.73 Å². The van der Waals surface area contributed by atoms with Gasteiger partial charge < -0.3 is 5.73 Å². The third-order valence-corrected chi connectivity index (χ3v) is 3.34. The van der Waals surface area contributed by atoms with Gasteiger partial charge in [0.25, 0.3) is 0 Å². The van der Waals surface area contributed by atoms with Gasteiger partial charge in [-0.25, -0.2) is 0 Å². The van der Waals surface area contributed by atoms with E-state index in [1.54, 1.807) is 0 Å². The predicted octanol–water partition coefficient (Wildman–Crippen LogP) is 4.14. The standard InChI is InChI=1S/C16H25N/c1-3-5-6-7-10-15-11-8-9-13-16(17,4-2)14-12-15/h5-11,13,15H,3-4,12,14,17H2,1-2H3/b6-5-,10-7?,11-8+,13-9?. The Kier molecular flexibility index (Phi) is 5.99. The SMILES string of the molecule is CC/C=C\C=CC1/C=C/C=CC(N)(CC)CC1. The van der Waals surface area contributed by atoms with Crippen LogP contribution in [0.3, 0.4) is 0 Å². The molecule has 0 fully saturated rings. The average Bonchev–Trinajstić information content (AvgIpc) is 2.33. The molecule has 2 atom stereocenters. The molecule has 1 aliphatic carbocycles. The van der Waals surface area contributed by atoms with Crippen molar-refractivity contribution in [1.29, 1.82) is 0 Å². The molecule has 0 aliphatic heterocycles. The lowest BCUT2D eigenvalue weighted by Crippen LogP contribution is -2.37. The molecular weight excluding hydrogens is 206 g/mol. The largest absolute Gasteiger partial charge is 0.322 e. The van der Waals surface area contributed by atoms with Crippen LogP contribution >= 0.6 is 0 Å². The van der Waals surface area contributed by atoms with Gasteiger partial charge in [0.1, 0.15) is 0 Å². The van der Waals surface area contributed by atoms with Gasteiger partial charge in [-0.15, -0.1) is 0 Å². The van der Waals surface area contributed by atoms with Gasteiger partial charge in [0, 0.05) is 5.54 Å². The Morgan fingerprint density at radius 1 is 1.29 bits per heavy atom. The molecule has 0 radical (unpaired) electrons. The summed E-state index contributed by atoms with van der Waals surface area (Å²) in [6.45, 7) is 4.30. The molecule has 17 heavy (non-hydrogen) atoms. The van der Waals surface area contributed by atoms with E-state index >= 15 is 0 Å². The first-order valence-corrected chi connectivity index (χ1v) is 6.68. The lowest BCUT2D eigenvalue weighted by molar-refractivity contribution is 0.435. The zero-order valence-electron chi connectivity index (χ0n) is 11.1. The third kappa shape index (κ3) is 5.18. The maximum Gasteiger partial charge on any atom is 0.0339 e. The molecule has 1 aliphatic rings. The fourth-order valence-electron chi connectivity index (χ4n) is 1.95. The van der Waals surface area contributed by atoms with E-state index in [4.69, 9.17) is 5.73 Å². The molecule has 0 aromatic carbocycles. The summed E-state index contributed by atoms with van der Waals surface area (Å²) in [6, 6.07) is 0. The topological polar surface area (TPSA) is 26.0 Å². The minimum Gasteiger partial charge on any atom is -0.322 e. The summed E-state index contributed by atoms with van der Waals surface area (Å²) in [7, 11) is 0. The monoisotopic (exact) mass is 231 g/mol. The highest BCUT2D eigenvalue weighted by atomic mass is 14.7. The number of hydrogen-bond donors (Lipinski definition) is 1. The zero-order chi connectivity index (χ0) is 12.6. The van der Waals surface area contributed by atoms with Gasteiger partial charge >= 0.3 is 0 Å². The molecule has 0 saturated heterocycles. The molecule has 1 rings (SSSR count). The van der Waals surface area contributed by atoms with Crippen LogP contribution in [0.1, 0.15) is 39.5 Å². The van der Waals surface area contributed by atoms with Crippen LogP contribution in [0.5, 0.6) is 0 Å². The van der Waals surface area contributed by atoms with E-state index in [1.165, 1.54) is 0 Å². The number of allylic oxidation sites excluding steroid dienone is 7. The fourth-order valence-corrected chi connectivity index (χ4v) is 1.95. The van der Waals surface area contributed by atoms with Crippen molar-refractivity contribution in [2.45, 2.75) is 45.1 Å². The maximum atomic E-state index is 6.31. The van der Waals surface area contributed by atoms with Gasteiger partial charge in [0.15, 0.2) is 0 Å². The van der Waals surface area contributed by atoms with Crippen molar-refractivity contribution in [3.05, 3.63) is 48.6 Å². The van der Waals surface area contributed by atoms with Gasteiger partial charge in [-0.3, -0.25) is 0 Å². The van der Waals surface area contributed by atoms with Crippen molar-refractivity contribution in [2.75, 3.05) is 0 Å². The van der Waals surface area contributed by atoms with E-state index in [-0.39, 0.29) is 5.54 Å². The summed E-state index contributed by atoms with van der Waals surface area (Å²) in [5, 5.41) is 0. The number of nitrogens with two attached hydrogens (primary N) is 1. The summed E-state index contributed by atoms with van der Waals surface area (Å²) < 4.78 is 0. The van der Waals surface area contributed by atoms with Crippen LogP contribution in [0, 0.1) is 5.92 Å². The Hall–Kier alpha value is -1.08. The number of hydrogen-bond acceptors (Lipinski definition) is 1. The van der Waals surface area contributed by atoms with Crippen molar-refractivity contribution in [3.8, 4) is 0 Å². The quantitative estimate of drug-likeness (QED) is 0.723. The Bertz CT molecular complexity index is 320. The second-order valence-corrected chi connectivity index (χ2v) is 4.75. The molecule has 0 heterocycles. The molecule has 2 N–H and O–H groups in total. The Labute approximate surface area is 106 Å². The molecule has 0 saturated carbocycles. The van der Waals surface area contributed by atoms with Crippen molar-refractivity contribution >= 4 is 0 Å². The first-order chi connectivity index (χ1) is 8.20. The lowest BCUT2D eigenvalue weighted by Gasteiger charge is -2.26. The molecular formula is C16H25N. The molecule has 1 nitrogen and oxygen atoms in total. The van der Waals surface area contributed by atoms with Gasteiger partial charge in [-0.1, -0.05) is 62.5 Å². The van der Waals surface area contributed by atoms with Crippen LogP contribution in [-0.2, 0) is 0 Å². The highest BCUT2D eigenvalue weighted by Gasteiger charge is 2.20. The van der Waals surface area contributed by atoms with E-state index in [2.05, 4.69) is 62.5 Å². The third-order valence-electron chi connectivity index (χ3n) is 3.34. The molecule has 0 bridgehead atoms. The fraction of sp³-hybridized carbons (Fsp3) is 0.500. The number of rotatable bonds is 4. The van der Waals surface area contributed by atoms with Crippen molar-refractivity contribution in [2.24, 2.45) is 11.7 Å². The van der Waals surface area contributed by atoms with Gasteiger partial charge in [0.05, 0.1) is 0 Å². The van der Waals surface area contributed by atoms with Crippen LogP contribution in [0.4, 0.5) is 0 Å². The predicted molar refractivity (Wildman–Crippen MR) is 76.8 cm³/mol. The minimum absolute atomic E-state index is 0.115.